The van der Waals surface area contributed by atoms with Crippen LogP contribution in [0.3, 0.4) is 0 Å². The number of allylic oxidation sites excluding steroid dienone is 13. The van der Waals surface area contributed by atoms with Crippen LogP contribution in [-0.4, -0.2) is 70.0 Å². The lowest BCUT2D eigenvalue weighted by Gasteiger charge is -2.28. The molecule has 9 nitrogen and oxygen atoms in total. The highest BCUT2D eigenvalue weighted by Gasteiger charge is 2.21. The van der Waals surface area contributed by atoms with Gasteiger partial charge < -0.3 is 27.9 Å². The topological polar surface area (TPSA) is 111 Å². The van der Waals surface area contributed by atoms with Gasteiger partial charge in [0.25, 0.3) is 7.82 Å². The van der Waals surface area contributed by atoms with Gasteiger partial charge in [0.2, 0.25) is 0 Å². The average molecular weight is 888 g/mol. The number of phosphoric ester groups is 1. The van der Waals surface area contributed by atoms with Gasteiger partial charge in [-0.15, -0.1) is 0 Å². The first-order chi connectivity index (χ1) is 30.0. The van der Waals surface area contributed by atoms with Crippen molar-refractivity contribution in [1.29, 1.82) is 0 Å². The van der Waals surface area contributed by atoms with E-state index in [4.69, 9.17) is 18.5 Å². The number of rotatable bonds is 43. The highest BCUT2D eigenvalue weighted by molar-refractivity contribution is 7.45. The molecule has 0 saturated heterocycles. The standard InChI is InChI=1S/C52H90NO8P/c1-6-8-10-12-14-16-18-20-22-23-24-25-26-27-28-29-31-32-34-36-38-40-42-44-51(54)58-48-50(49-60-62(56,57)59-47-46-53(3,4)5)61-52(55)45-43-41-39-37-35-33-30-21-19-17-15-13-11-9-7-2/h9,11,15,17-18,20-21,23-24,30,35,37,41,43,50H,6-8,10,12-14,16,19,22,25-29,31-34,36,38-40,42,44-49H2,1-5H3/b11-9-,17-15-,20-18-,24-23-,30-21-,37-35-,43-41-. The van der Waals surface area contributed by atoms with E-state index in [1.165, 1.54) is 89.9 Å². The fourth-order valence-corrected chi connectivity index (χ4v) is 6.90. The molecule has 2 atom stereocenters. The molecule has 0 saturated carbocycles. The molecule has 62 heavy (non-hydrogen) atoms. The second-order valence-corrected chi connectivity index (χ2v) is 18.5. The Morgan fingerprint density at radius 3 is 1.45 bits per heavy atom. The predicted octanol–water partition coefficient (Wildman–Crippen LogP) is 13.7. The van der Waals surface area contributed by atoms with Crippen LogP contribution in [0.5, 0.6) is 0 Å². The number of hydrogen-bond donors (Lipinski definition) is 0. The Labute approximate surface area is 380 Å². The summed E-state index contributed by atoms with van der Waals surface area (Å²) in [5, 5.41) is 0. The molecule has 0 spiro atoms. The van der Waals surface area contributed by atoms with Gasteiger partial charge in [0.15, 0.2) is 6.10 Å². The summed E-state index contributed by atoms with van der Waals surface area (Å²) >= 11 is 0. The van der Waals surface area contributed by atoms with Crippen LogP contribution in [0.1, 0.15) is 181 Å². The van der Waals surface area contributed by atoms with Gasteiger partial charge in [0, 0.05) is 6.42 Å². The van der Waals surface area contributed by atoms with E-state index in [2.05, 4.69) is 80.7 Å². The average Bonchev–Trinajstić information content (AvgIpc) is 3.23. The normalized spacial score (nSPS) is 14.2. The highest BCUT2D eigenvalue weighted by Crippen LogP contribution is 2.38. The first kappa shape index (κ1) is 59.2. The third-order valence-corrected chi connectivity index (χ3v) is 10.9. The second kappa shape index (κ2) is 43.4. The van der Waals surface area contributed by atoms with E-state index in [0.29, 0.717) is 23.9 Å². The monoisotopic (exact) mass is 888 g/mol. The minimum Gasteiger partial charge on any atom is -0.756 e. The Bertz CT molecular complexity index is 1330. The molecular weight excluding hydrogens is 798 g/mol. The van der Waals surface area contributed by atoms with Crippen molar-refractivity contribution in [1.82, 2.24) is 0 Å². The molecule has 0 aromatic heterocycles. The summed E-state index contributed by atoms with van der Waals surface area (Å²) in [6.07, 6.45) is 56.5. The summed E-state index contributed by atoms with van der Waals surface area (Å²) in [4.78, 5) is 37.6. The predicted molar refractivity (Wildman–Crippen MR) is 259 cm³/mol. The third-order valence-electron chi connectivity index (χ3n) is 9.93. The maximum atomic E-state index is 12.6. The molecule has 0 N–H and O–H groups in total. The first-order valence-corrected chi connectivity index (χ1v) is 25.8. The number of likely N-dealkylation sites (N-methyl/N-ethyl adjacent to an activating group) is 1. The van der Waals surface area contributed by atoms with Gasteiger partial charge in [0.05, 0.1) is 34.2 Å². The van der Waals surface area contributed by atoms with E-state index < -0.39 is 32.5 Å². The largest absolute Gasteiger partial charge is 0.756 e. The fourth-order valence-electron chi connectivity index (χ4n) is 6.17. The lowest BCUT2D eigenvalue weighted by Crippen LogP contribution is -2.37. The Morgan fingerprint density at radius 1 is 0.532 bits per heavy atom. The number of unbranched alkanes of at least 4 members (excludes halogenated alkanes) is 16. The van der Waals surface area contributed by atoms with Crippen LogP contribution in [0, 0.1) is 0 Å². The van der Waals surface area contributed by atoms with Crippen molar-refractivity contribution in [2.24, 2.45) is 0 Å². The zero-order chi connectivity index (χ0) is 45.7. The highest BCUT2D eigenvalue weighted by atomic mass is 31.2. The van der Waals surface area contributed by atoms with Crippen LogP contribution in [0.15, 0.2) is 85.1 Å². The molecule has 0 aromatic rings. The molecule has 0 aromatic carbocycles. The quantitative estimate of drug-likeness (QED) is 0.0196. The van der Waals surface area contributed by atoms with Crippen molar-refractivity contribution < 1.29 is 42.1 Å². The molecule has 0 rings (SSSR count). The van der Waals surface area contributed by atoms with Crippen LogP contribution in [0.2, 0.25) is 0 Å². The lowest BCUT2D eigenvalue weighted by molar-refractivity contribution is -0.870. The maximum Gasteiger partial charge on any atom is 0.310 e. The van der Waals surface area contributed by atoms with Crippen LogP contribution in [-0.2, 0) is 32.7 Å². The summed E-state index contributed by atoms with van der Waals surface area (Å²) in [5.41, 5.74) is 0. The third kappa shape index (κ3) is 46.7. The van der Waals surface area contributed by atoms with Gasteiger partial charge in [-0.25, -0.2) is 0 Å². The lowest BCUT2D eigenvalue weighted by atomic mass is 10.0. The summed E-state index contributed by atoms with van der Waals surface area (Å²) in [5.74, 6) is -0.989. The number of ether oxygens (including phenoxy) is 2. The molecule has 0 aliphatic rings. The molecule has 0 bridgehead atoms. The van der Waals surface area contributed by atoms with Crippen molar-refractivity contribution in [2.45, 2.75) is 187 Å². The number of quaternary nitrogens is 1. The zero-order valence-corrected chi connectivity index (χ0v) is 40.9. The Balaban J connectivity index is 4.34. The number of nitrogens with zero attached hydrogens (tertiary/aromatic N) is 1. The van der Waals surface area contributed by atoms with E-state index in [-0.39, 0.29) is 26.1 Å². The number of carbonyl (C=O) groups excluding carboxylic acids is 2. The first-order valence-electron chi connectivity index (χ1n) is 24.3. The van der Waals surface area contributed by atoms with Crippen LogP contribution in [0.4, 0.5) is 0 Å². The van der Waals surface area contributed by atoms with E-state index in [1.54, 1.807) is 6.08 Å². The fraction of sp³-hybridized carbons (Fsp3) is 0.692. The van der Waals surface area contributed by atoms with Crippen LogP contribution in [0.25, 0.3) is 0 Å². The van der Waals surface area contributed by atoms with Crippen molar-refractivity contribution in [3.05, 3.63) is 85.1 Å². The minimum absolute atomic E-state index is 0.0113. The number of carbonyl (C=O) groups is 2. The molecule has 356 valence electrons. The van der Waals surface area contributed by atoms with Crippen molar-refractivity contribution >= 4 is 19.8 Å². The minimum atomic E-state index is -4.66. The van der Waals surface area contributed by atoms with Crippen molar-refractivity contribution in [3.63, 3.8) is 0 Å². The smallest absolute Gasteiger partial charge is 0.310 e. The summed E-state index contributed by atoms with van der Waals surface area (Å²) < 4.78 is 33.8. The van der Waals surface area contributed by atoms with Crippen LogP contribution < -0.4 is 4.89 Å². The van der Waals surface area contributed by atoms with Crippen molar-refractivity contribution in [3.8, 4) is 0 Å². The van der Waals surface area contributed by atoms with Gasteiger partial charge >= 0.3 is 11.9 Å². The SMILES string of the molecule is CC/C=C\C/C=C\C/C=C\C/C=C\C/C=C\CC(=O)OC(COC(=O)CCCCCCCCCCCCC/C=C\C/C=C\CCCCCCC)COP(=O)([O-])OCC[N+](C)(C)C. The van der Waals surface area contributed by atoms with Gasteiger partial charge in [0.1, 0.15) is 19.8 Å². The molecule has 0 aliphatic heterocycles. The Morgan fingerprint density at radius 2 is 0.968 bits per heavy atom. The molecule has 0 fully saturated rings. The molecule has 0 radical (unpaired) electrons. The van der Waals surface area contributed by atoms with E-state index in [9.17, 15) is 19.0 Å². The molecule has 10 heteroatoms. The van der Waals surface area contributed by atoms with E-state index >= 15 is 0 Å². The second-order valence-electron chi connectivity index (χ2n) is 17.1. The number of phosphoric acid groups is 1. The van der Waals surface area contributed by atoms with E-state index in [1.807, 2.05) is 33.3 Å². The maximum absolute atomic E-state index is 12.6. The zero-order valence-electron chi connectivity index (χ0n) is 40.0. The molecular formula is C52H90NO8P. The number of hydrogen-bond acceptors (Lipinski definition) is 8. The number of esters is 2. The summed E-state index contributed by atoms with van der Waals surface area (Å²) in [7, 11) is 1.10. The van der Waals surface area contributed by atoms with Gasteiger partial charge in [-0.2, -0.15) is 0 Å². The Hall–Kier alpha value is -2.81. The van der Waals surface area contributed by atoms with Gasteiger partial charge in [-0.1, -0.05) is 182 Å². The summed E-state index contributed by atoms with van der Waals surface area (Å²) in [6, 6.07) is 0. The van der Waals surface area contributed by atoms with Gasteiger partial charge in [-0.05, 0) is 70.6 Å². The van der Waals surface area contributed by atoms with Gasteiger partial charge in [-0.3, -0.25) is 14.2 Å². The molecule has 0 heterocycles. The van der Waals surface area contributed by atoms with E-state index in [0.717, 1.165) is 51.4 Å². The molecule has 2 unspecified atom stereocenters. The molecule has 0 amide bonds. The Kier molecular flexibility index (Phi) is 41.5. The van der Waals surface area contributed by atoms with Crippen LogP contribution >= 0.6 is 7.82 Å². The van der Waals surface area contributed by atoms with Crippen molar-refractivity contribution in [2.75, 3.05) is 47.5 Å². The summed E-state index contributed by atoms with van der Waals surface area (Å²) in [6.45, 7) is 3.98. The molecule has 0 aliphatic carbocycles.